The van der Waals surface area contributed by atoms with E-state index in [1.807, 2.05) is 0 Å². The number of nitrogens with zero attached hydrogens (tertiary/aromatic N) is 3. The number of ether oxygens (including phenoxy) is 2. The number of rotatable bonds is 5. The maximum atomic E-state index is 14.3. The van der Waals surface area contributed by atoms with Crippen molar-refractivity contribution in [3.63, 3.8) is 0 Å². The lowest BCUT2D eigenvalue weighted by molar-refractivity contribution is -0.142. The Kier molecular flexibility index (Phi) is 6.59. The lowest BCUT2D eigenvalue weighted by atomic mass is 10.2. The number of hydrogen-bond acceptors (Lipinski definition) is 6. The summed E-state index contributed by atoms with van der Waals surface area (Å²) in [5.74, 6) is -2.07. The van der Waals surface area contributed by atoms with Crippen molar-refractivity contribution in [3.8, 4) is 0 Å². The molecule has 1 aliphatic carbocycles. The van der Waals surface area contributed by atoms with Gasteiger partial charge in [-0.2, -0.15) is 0 Å². The van der Waals surface area contributed by atoms with Crippen molar-refractivity contribution in [3.05, 3.63) is 51.9 Å². The number of benzene rings is 1. The molecule has 1 fully saturated rings. The number of methoxy groups -OCH3 is 1. The molecule has 0 unspecified atom stereocenters. The lowest BCUT2D eigenvalue weighted by Crippen LogP contribution is -2.37. The molecule has 0 radical (unpaired) electrons. The van der Waals surface area contributed by atoms with E-state index in [9.17, 15) is 18.4 Å². The highest BCUT2D eigenvalue weighted by Crippen LogP contribution is 2.47. The smallest absolute Gasteiger partial charge is 0.416 e. The van der Waals surface area contributed by atoms with Crippen LogP contribution in [0.25, 0.3) is 0 Å². The maximum Gasteiger partial charge on any atom is 0.416 e. The van der Waals surface area contributed by atoms with Crippen molar-refractivity contribution in [1.29, 1.82) is 0 Å². The summed E-state index contributed by atoms with van der Waals surface area (Å²) < 4.78 is 38.1. The van der Waals surface area contributed by atoms with E-state index in [4.69, 9.17) is 9.47 Å². The molecule has 31 heavy (non-hydrogen) atoms. The fourth-order valence-corrected chi connectivity index (χ4v) is 3.40. The van der Waals surface area contributed by atoms with Gasteiger partial charge in [0.1, 0.15) is 17.2 Å². The first-order valence-electron chi connectivity index (χ1n) is 9.54. The predicted molar refractivity (Wildman–Crippen MR) is 111 cm³/mol. The van der Waals surface area contributed by atoms with Gasteiger partial charge >= 0.3 is 12.1 Å². The molecule has 1 amide bonds. The Morgan fingerprint density at radius 3 is 2.48 bits per heavy atom. The van der Waals surface area contributed by atoms with E-state index in [-0.39, 0.29) is 40.2 Å². The molecule has 2 aromatic rings. The summed E-state index contributed by atoms with van der Waals surface area (Å²) in [5.41, 5.74) is -0.135. The number of amides is 1. The van der Waals surface area contributed by atoms with Gasteiger partial charge in [-0.1, -0.05) is 0 Å². The molecule has 0 saturated heterocycles. The number of aromatic nitrogens is 2. The highest BCUT2D eigenvalue weighted by molar-refractivity contribution is 9.10. The van der Waals surface area contributed by atoms with Crippen molar-refractivity contribution < 1.29 is 27.8 Å². The first kappa shape index (κ1) is 23.1. The van der Waals surface area contributed by atoms with Gasteiger partial charge in [0.25, 0.3) is 0 Å². The normalized spacial score (nSPS) is 17.8. The SMILES string of the molecule is COC(=O)[C@@H]1C[C@H]1c1cnc(N(Cc2cc(Br)c(F)cc2F)C(=O)OC(C)(C)C)cn1. The first-order valence-corrected chi connectivity index (χ1v) is 10.3. The van der Waals surface area contributed by atoms with Crippen molar-refractivity contribution in [2.75, 3.05) is 12.0 Å². The molecule has 166 valence electrons. The molecule has 3 rings (SSSR count). The summed E-state index contributed by atoms with van der Waals surface area (Å²) >= 11 is 3.03. The second kappa shape index (κ2) is 8.86. The first-order chi connectivity index (χ1) is 14.5. The van der Waals surface area contributed by atoms with Crippen LogP contribution in [0.4, 0.5) is 19.4 Å². The monoisotopic (exact) mass is 497 g/mol. The zero-order valence-electron chi connectivity index (χ0n) is 17.5. The molecule has 1 heterocycles. The van der Waals surface area contributed by atoms with E-state index in [2.05, 4.69) is 25.9 Å². The van der Waals surface area contributed by atoms with Crippen molar-refractivity contribution in [1.82, 2.24) is 9.97 Å². The van der Waals surface area contributed by atoms with Crippen LogP contribution in [0.5, 0.6) is 0 Å². The fraction of sp³-hybridized carbons (Fsp3) is 0.429. The van der Waals surface area contributed by atoms with Gasteiger partial charge in [0, 0.05) is 17.5 Å². The third-order valence-electron chi connectivity index (χ3n) is 4.64. The van der Waals surface area contributed by atoms with E-state index >= 15 is 0 Å². The Morgan fingerprint density at radius 1 is 1.19 bits per heavy atom. The molecule has 2 atom stereocenters. The Hall–Kier alpha value is -2.62. The van der Waals surface area contributed by atoms with E-state index in [1.54, 1.807) is 20.8 Å². The summed E-state index contributed by atoms with van der Waals surface area (Å²) in [5, 5.41) is 0. The molecule has 10 heteroatoms. The highest BCUT2D eigenvalue weighted by Gasteiger charge is 2.46. The zero-order valence-corrected chi connectivity index (χ0v) is 19.1. The molecule has 0 bridgehead atoms. The van der Waals surface area contributed by atoms with E-state index in [0.717, 1.165) is 11.0 Å². The highest BCUT2D eigenvalue weighted by atomic mass is 79.9. The van der Waals surface area contributed by atoms with Crippen LogP contribution < -0.4 is 4.90 Å². The molecule has 1 aromatic heterocycles. The van der Waals surface area contributed by atoms with Crippen molar-refractivity contribution in [2.45, 2.75) is 45.3 Å². The fourth-order valence-electron chi connectivity index (χ4n) is 3.01. The molecule has 1 saturated carbocycles. The zero-order chi connectivity index (χ0) is 22.9. The van der Waals surface area contributed by atoms with Crippen LogP contribution in [-0.2, 0) is 20.8 Å². The second-order valence-electron chi connectivity index (χ2n) is 8.20. The second-order valence-corrected chi connectivity index (χ2v) is 9.05. The topological polar surface area (TPSA) is 81.6 Å². The van der Waals surface area contributed by atoms with Gasteiger partial charge in [0.15, 0.2) is 5.82 Å². The minimum atomic E-state index is -0.808. The number of halogens is 3. The maximum absolute atomic E-state index is 14.3. The Balaban J connectivity index is 1.87. The summed E-state index contributed by atoms with van der Waals surface area (Å²) in [7, 11) is 1.33. The number of hydrogen-bond donors (Lipinski definition) is 0. The Labute approximate surface area is 186 Å². The minimum Gasteiger partial charge on any atom is -0.469 e. The molecule has 7 nitrogen and oxygen atoms in total. The Morgan fingerprint density at radius 2 is 1.90 bits per heavy atom. The molecule has 0 aliphatic heterocycles. The largest absolute Gasteiger partial charge is 0.469 e. The number of carbonyl (C=O) groups is 2. The predicted octanol–water partition coefficient (Wildman–Crippen LogP) is 4.74. The molecule has 1 aliphatic rings. The summed E-state index contributed by atoms with van der Waals surface area (Å²) in [6.07, 6.45) is 2.69. The third-order valence-corrected chi connectivity index (χ3v) is 5.25. The van der Waals surface area contributed by atoms with Gasteiger partial charge < -0.3 is 9.47 Å². The van der Waals surface area contributed by atoms with Crippen molar-refractivity contribution >= 4 is 33.8 Å². The molecular formula is C21H22BrF2N3O4. The molecule has 1 aromatic carbocycles. The summed E-state index contributed by atoms with van der Waals surface area (Å²) in [6.45, 7) is 4.86. The van der Waals surface area contributed by atoms with Crippen LogP contribution >= 0.6 is 15.9 Å². The van der Waals surface area contributed by atoms with Crippen LogP contribution in [0.15, 0.2) is 29.0 Å². The minimum absolute atomic E-state index is 0.0667. The summed E-state index contributed by atoms with van der Waals surface area (Å²) in [4.78, 5) is 34.2. The van der Waals surface area contributed by atoms with Gasteiger partial charge in [0.2, 0.25) is 0 Å². The average Bonchev–Trinajstić information content (AvgIpc) is 3.49. The average molecular weight is 498 g/mol. The van der Waals surface area contributed by atoms with Gasteiger partial charge in [-0.3, -0.25) is 14.7 Å². The summed E-state index contributed by atoms with van der Waals surface area (Å²) in [6, 6.07) is 2.00. The lowest BCUT2D eigenvalue weighted by Gasteiger charge is -2.27. The van der Waals surface area contributed by atoms with Gasteiger partial charge in [-0.25, -0.2) is 18.6 Å². The third kappa shape index (κ3) is 5.55. The van der Waals surface area contributed by atoms with Gasteiger partial charge in [-0.15, -0.1) is 0 Å². The van der Waals surface area contributed by atoms with E-state index < -0.39 is 23.3 Å². The van der Waals surface area contributed by atoms with E-state index in [1.165, 1.54) is 25.6 Å². The van der Waals surface area contributed by atoms with Gasteiger partial charge in [-0.05, 0) is 49.2 Å². The molecule has 0 spiro atoms. The van der Waals surface area contributed by atoms with E-state index in [0.29, 0.717) is 12.1 Å². The standard InChI is InChI=1S/C21H22BrF2N3O4/c1-21(2,3)31-20(29)27(10-11-5-14(22)16(24)7-15(11)23)18-9-25-17(8-26-18)12-6-13(12)19(28)30-4/h5,7-9,12-13H,6,10H2,1-4H3/t12-,13-/m1/s1. The van der Waals surface area contributed by atoms with Gasteiger partial charge in [0.05, 0.1) is 42.1 Å². The number of esters is 1. The van der Waals surface area contributed by atoms with Crippen LogP contribution in [0, 0.1) is 17.6 Å². The molecule has 0 N–H and O–H groups in total. The quantitative estimate of drug-likeness (QED) is 0.438. The number of carbonyl (C=O) groups excluding carboxylic acids is 2. The Bertz CT molecular complexity index is 995. The van der Waals surface area contributed by atoms with Crippen LogP contribution in [0.3, 0.4) is 0 Å². The molecular weight excluding hydrogens is 476 g/mol. The van der Waals surface area contributed by atoms with Crippen molar-refractivity contribution in [2.24, 2.45) is 5.92 Å². The van der Waals surface area contributed by atoms with Crippen LogP contribution in [0.1, 0.15) is 44.4 Å². The number of anilines is 1. The van der Waals surface area contributed by atoms with Crippen LogP contribution in [-0.4, -0.2) is 34.7 Å². The van der Waals surface area contributed by atoms with Crippen LogP contribution in [0.2, 0.25) is 0 Å².